The zero-order valence-electron chi connectivity index (χ0n) is 12.5. The van der Waals surface area contributed by atoms with Crippen LogP contribution in [0.5, 0.6) is 0 Å². The molecule has 2 aliphatic heterocycles. The van der Waals surface area contributed by atoms with Crippen molar-refractivity contribution in [3.63, 3.8) is 0 Å². The highest BCUT2D eigenvalue weighted by Gasteiger charge is 2.30. The van der Waals surface area contributed by atoms with E-state index in [0.717, 1.165) is 57.0 Å². The van der Waals surface area contributed by atoms with Crippen LogP contribution in [0.25, 0.3) is 0 Å². The number of nitrogens with one attached hydrogen (secondary N) is 1. The van der Waals surface area contributed by atoms with Gasteiger partial charge in [0, 0.05) is 25.1 Å². The number of likely N-dealkylation sites (tertiary alicyclic amines) is 1. The van der Waals surface area contributed by atoms with Gasteiger partial charge in [-0.25, -0.2) is 0 Å². The molecule has 2 aliphatic rings. The van der Waals surface area contributed by atoms with E-state index in [1.54, 1.807) is 0 Å². The molecule has 0 aliphatic carbocycles. The van der Waals surface area contributed by atoms with E-state index in [2.05, 4.69) is 15.4 Å². The van der Waals surface area contributed by atoms with E-state index < -0.39 is 0 Å². The Labute approximate surface area is 124 Å². The lowest BCUT2D eigenvalue weighted by atomic mass is 10.1. The maximum absolute atomic E-state index is 12.1. The number of aryl methyl sites for hydroxylation is 1. The summed E-state index contributed by atoms with van der Waals surface area (Å²) >= 11 is 0. The van der Waals surface area contributed by atoms with Crippen molar-refractivity contribution in [1.82, 2.24) is 15.4 Å². The Bertz CT molecular complexity index is 482. The zero-order chi connectivity index (χ0) is 14.7. The molecular formula is C15H23N3O3. The number of hydrogen-bond donors (Lipinski definition) is 1. The van der Waals surface area contributed by atoms with Crippen LogP contribution in [-0.4, -0.2) is 48.8 Å². The lowest BCUT2D eigenvalue weighted by Gasteiger charge is -2.22. The first-order chi connectivity index (χ1) is 10.2. The van der Waals surface area contributed by atoms with Crippen molar-refractivity contribution in [2.75, 3.05) is 32.8 Å². The minimum Gasteiger partial charge on any atom is -0.381 e. The first kappa shape index (κ1) is 14.5. The predicted molar refractivity (Wildman–Crippen MR) is 76.7 cm³/mol. The summed E-state index contributed by atoms with van der Waals surface area (Å²) in [4.78, 5) is 14.3. The molecule has 0 unspecified atom stereocenters. The van der Waals surface area contributed by atoms with Gasteiger partial charge in [0.15, 0.2) is 5.76 Å². The monoisotopic (exact) mass is 293 g/mol. The third-order valence-corrected chi connectivity index (χ3v) is 4.30. The Balaban J connectivity index is 1.49. The molecular weight excluding hydrogens is 270 g/mol. The number of amides is 1. The van der Waals surface area contributed by atoms with Crippen molar-refractivity contribution in [3.05, 3.63) is 17.5 Å². The van der Waals surface area contributed by atoms with Gasteiger partial charge in [-0.3, -0.25) is 9.69 Å². The fourth-order valence-electron chi connectivity index (χ4n) is 3.12. The van der Waals surface area contributed by atoms with Crippen molar-refractivity contribution in [2.45, 2.75) is 32.2 Å². The molecule has 1 N–H and O–H groups in total. The van der Waals surface area contributed by atoms with Gasteiger partial charge in [0.2, 0.25) is 5.91 Å². The van der Waals surface area contributed by atoms with Gasteiger partial charge in [-0.15, -0.1) is 0 Å². The highest BCUT2D eigenvalue weighted by Crippen LogP contribution is 2.31. The zero-order valence-corrected chi connectivity index (χ0v) is 12.5. The number of carbonyl (C=O) groups is 1. The molecule has 6 heteroatoms. The fourth-order valence-corrected chi connectivity index (χ4v) is 3.12. The molecule has 0 bridgehead atoms. The summed E-state index contributed by atoms with van der Waals surface area (Å²) in [5.41, 5.74) is 0.891. The minimum atomic E-state index is 0.0880. The summed E-state index contributed by atoms with van der Waals surface area (Å²) in [6.45, 7) is 5.59. The first-order valence-electron chi connectivity index (χ1n) is 7.74. The molecule has 1 aromatic heterocycles. The Kier molecular flexibility index (Phi) is 4.55. The molecule has 0 radical (unpaired) electrons. The Morgan fingerprint density at radius 2 is 2.43 bits per heavy atom. The van der Waals surface area contributed by atoms with E-state index in [0.29, 0.717) is 12.5 Å². The fraction of sp³-hybridized carbons (Fsp3) is 0.733. The van der Waals surface area contributed by atoms with Gasteiger partial charge in [-0.1, -0.05) is 5.16 Å². The SMILES string of the molecule is Cc1cc([C@H]2CCCN2CC(=O)NC[C@H]2CCOC2)on1. The number of rotatable bonds is 5. The second-order valence-corrected chi connectivity index (χ2v) is 6.03. The summed E-state index contributed by atoms with van der Waals surface area (Å²) in [7, 11) is 0. The largest absolute Gasteiger partial charge is 0.381 e. The van der Waals surface area contributed by atoms with Crippen LogP contribution >= 0.6 is 0 Å². The van der Waals surface area contributed by atoms with Gasteiger partial charge in [0.1, 0.15) is 0 Å². The van der Waals surface area contributed by atoms with E-state index in [-0.39, 0.29) is 11.9 Å². The molecule has 0 spiro atoms. The van der Waals surface area contributed by atoms with Gasteiger partial charge in [0.05, 0.1) is 24.9 Å². The van der Waals surface area contributed by atoms with Gasteiger partial charge < -0.3 is 14.6 Å². The Morgan fingerprint density at radius 3 is 3.14 bits per heavy atom. The van der Waals surface area contributed by atoms with Crippen LogP contribution in [0.3, 0.4) is 0 Å². The molecule has 0 saturated carbocycles. The maximum atomic E-state index is 12.1. The smallest absolute Gasteiger partial charge is 0.234 e. The van der Waals surface area contributed by atoms with Crippen molar-refractivity contribution < 1.29 is 14.1 Å². The molecule has 3 heterocycles. The highest BCUT2D eigenvalue weighted by atomic mass is 16.5. The molecule has 3 rings (SSSR count). The summed E-state index contributed by atoms with van der Waals surface area (Å²) in [6.07, 6.45) is 3.16. The number of nitrogens with zero attached hydrogens (tertiary/aromatic N) is 2. The maximum Gasteiger partial charge on any atom is 0.234 e. The molecule has 21 heavy (non-hydrogen) atoms. The summed E-state index contributed by atoms with van der Waals surface area (Å²) < 4.78 is 10.7. The van der Waals surface area contributed by atoms with Crippen LogP contribution in [-0.2, 0) is 9.53 Å². The lowest BCUT2D eigenvalue weighted by Crippen LogP contribution is -2.39. The predicted octanol–water partition coefficient (Wildman–Crippen LogP) is 1.27. The van der Waals surface area contributed by atoms with Crippen LogP contribution in [0.4, 0.5) is 0 Å². The normalized spacial score (nSPS) is 26.3. The number of carbonyl (C=O) groups excluding carboxylic acids is 1. The van der Waals surface area contributed by atoms with Crippen molar-refractivity contribution in [1.29, 1.82) is 0 Å². The Hall–Kier alpha value is -1.40. The lowest BCUT2D eigenvalue weighted by molar-refractivity contribution is -0.122. The second-order valence-electron chi connectivity index (χ2n) is 6.03. The van der Waals surface area contributed by atoms with E-state index in [1.165, 1.54) is 0 Å². The van der Waals surface area contributed by atoms with Crippen molar-refractivity contribution >= 4 is 5.91 Å². The van der Waals surface area contributed by atoms with E-state index >= 15 is 0 Å². The number of aromatic nitrogens is 1. The van der Waals surface area contributed by atoms with Crippen LogP contribution in [0.2, 0.25) is 0 Å². The van der Waals surface area contributed by atoms with Crippen LogP contribution in [0.15, 0.2) is 10.6 Å². The van der Waals surface area contributed by atoms with Crippen molar-refractivity contribution in [2.24, 2.45) is 5.92 Å². The second kappa shape index (κ2) is 6.58. The van der Waals surface area contributed by atoms with Gasteiger partial charge >= 0.3 is 0 Å². The van der Waals surface area contributed by atoms with E-state index in [9.17, 15) is 4.79 Å². The molecule has 2 saturated heterocycles. The standard InChI is InChI=1S/C15H23N3O3/c1-11-7-14(21-17-11)13-3-2-5-18(13)9-15(19)16-8-12-4-6-20-10-12/h7,12-13H,2-6,8-10H2,1H3,(H,16,19)/t12-,13-/m1/s1. The quantitative estimate of drug-likeness (QED) is 0.885. The third kappa shape index (κ3) is 3.63. The molecule has 0 aromatic carbocycles. The molecule has 1 amide bonds. The van der Waals surface area contributed by atoms with E-state index in [1.807, 2.05) is 13.0 Å². The van der Waals surface area contributed by atoms with Crippen LogP contribution in [0.1, 0.15) is 36.8 Å². The summed E-state index contributed by atoms with van der Waals surface area (Å²) in [5.74, 6) is 1.44. The highest BCUT2D eigenvalue weighted by molar-refractivity contribution is 5.78. The first-order valence-corrected chi connectivity index (χ1v) is 7.74. The average Bonchev–Trinajstić information content (AvgIpc) is 3.17. The minimum absolute atomic E-state index is 0.0880. The van der Waals surface area contributed by atoms with Crippen LogP contribution < -0.4 is 5.32 Å². The van der Waals surface area contributed by atoms with Gasteiger partial charge in [0.25, 0.3) is 0 Å². The molecule has 116 valence electrons. The summed E-state index contributed by atoms with van der Waals surface area (Å²) in [5, 5.41) is 6.97. The number of ether oxygens (including phenoxy) is 1. The number of hydrogen-bond acceptors (Lipinski definition) is 5. The molecule has 1 aromatic rings. The Morgan fingerprint density at radius 1 is 1.52 bits per heavy atom. The topological polar surface area (TPSA) is 67.6 Å². The summed E-state index contributed by atoms with van der Waals surface area (Å²) in [6, 6.07) is 2.16. The van der Waals surface area contributed by atoms with Crippen LogP contribution in [0, 0.1) is 12.8 Å². The molecule has 2 fully saturated rings. The van der Waals surface area contributed by atoms with Gasteiger partial charge in [-0.2, -0.15) is 0 Å². The van der Waals surface area contributed by atoms with Gasteiger partial charge in [-0.05, 0) is 32.7 Å². The molecule has 2 atom stereocenters. The molecule has 6 nitrogen and oxygen atoms in total. The average molecular weight is 293 g/mol. The third-order valence-electron chi connectivity index (χ3n) is 4.30. The van der Waals surface area contributed by atoms with E-state index in [4.69, 9.17) is 9.26 Å². The van der Waals surface area contributed by atoms with Crippen molar-refractivity contribution in [3.8, 4) is 0 Å².